The highest BCUT2D eigenvalue weighted by atomic mass is 16.1. The Kier molecular flexibility index (Phi) is 4.51. The minimum absolute atomic E-state index is 0.0769. The van der Waals surface area contributed by atoms with Gasteiger partial charge in [-0.3, -0.25) is 9.78 Å². The van der Waals surface area contributed by atoms with Gasteiger partial charge in [-0.1, -0.05) is 6.92 Å². The monoisotopic (exact) mass is 298 g/mol. The Morgan fingerprint density at radius 3 is 3.05 bits per heavy atom. The van der Waals surface area contributed by atoms with E-state index in [9.17, 15) is 4.79 Å². The van der Waals surface area contributed by atoms with E-state index in [0.717, 1.165) is 37.3 Å². The summed E-state index contributed by atoms with van der Waals surface area (Å²) in [6.07, 6.45) is 10.9. The summed E-state index contributed by atoms with van der Waals surface area (Å²) in [5.41, 5.74) is 3.03. The number of imidazole rings is 1. The number of hydrogen-bond acceptors (Lipinski definition) is 3. The molecule has 116 valence electrons. The summed E-state index contributed by atoms with van der Waals surface area (Å²) in [5.74, 6) is 0.813. The Morgan fingerprint density at radius 2 is 2.18 bits per heavy atom. The number of fused-ring (bicyclic) bond motifs is 1. The van der Waals surface area contributed by atoms with Gasteiger partial charge in [-0.05, 0) is 43.7 Å². The third kappa shape index (κ3) is 3.18. The molecule has 0 unspecified atom stereocenters. The van der Waals surface area contributed by atoms with Gasteiger partial charge in [0.25, 0.3) is 5.91 Å². The van der Waals surface area contributed by atoms with Gasteiger partial charge in [0.15, 0.2) is 0 Å². The summed E-state index contributed by atoms with van der Waals surface area (Å²) >= 11 is 0. The van der Waals surface area contributed by atoms with Crippen LogP contribution in [0, 0.1) is 0 Å². The Morgan fingerprint density at radius 1 is 1.32 bits per heavy atom. The van der Waals surface area contributed by atoms with E-state index < -0.39 is 0 Å². The van der Waals surface area contributed by atoms with Gasteiger partial charge in [-0.25, -0.2) is 4.98 Å². The lowest BCUT2D eigenvalue weighted by atomic mass is 9.95. The second-order valence-corrected chi connectivity index (χ2v) is 5.76. The Balaban J connectivity index is 1.65. The molecule has 2 aromatic rings. The molecule has 0 fully saturated rings. The molecule has 1 N–H and O–H groups in total. The Labute approximate surface area is 130 Å². The third-order valence-electron chi connectivity index (χ3n) is 4.11. The van der Waals surface area contributed by atoms with E-state index in [4.69, 9.17) is 0 Å². The van der Waals surface area contributed by atoms with Gasteiger partial charge < -0.3 is 9.88 Å². The van der Waals surface area contributed by atoms with Crippen LogP contribution < -0.4 is 5.32 Å². The fourth-order valence-corrected chi connectivity index (χ4v) is 2.93. The molecule has 0 atom stereocenters. The molecule has 0 saturated carbocycles. The maximum atomic E-state index is 12.3. The van der Waals surface area contributed by atoms with Crippen molar-refractivity contribution < 1.29 is 4.79 Å². The SMILES string of the molecule is CCCn1ccnc1CNC(=O)c1cnc2c(c1)CCCC2. The molecule has 1 aliphatic carbocycles. The van der Waals surface area contributed by atoms with Gasteiger partial charge in [0, 0.05) is 30.8 Å². The zero-order valence-corrected chi connectivity index (χ0v) is 13.0. The Bertz CT molecular complexity index is 662. The Hall–Kier alpha value is -2.17. The molecule has 1 aliphatic rings. The number of amides is 1. The number of nitrogens with one attached hydrogen (secondary N) is 1. The molecule has 0 aliphatic heterocycles. The number of pyridine rings is 1. The summed E-state index contributed by atoms with van der Waals surface area (Å²) in [7, 11) is 0. The fourth-order valence-electron chi connectivity index (χ4n) is 2.93. The van der Waals surface area contributed by atoms with Gasteiger partial charge in [-0.15, -0.1) is 0 Å². The third-order valence-corrected chi connectivity index (χ3v) is 4.11. The van der Waals surface area contributed by atoms with E-state index >= 15 is 0 Å². The van der Waals surface area contributed by atoms with Crippen LogP contribution in [-0.4, -0.2) is 20.4 Å². The molecule has 2 aromatic heterocycles. The van der Waals surface area contributed by atoms with Gasteiger partial charge >= 0.3 is 0 Å². The van der Waals surface area contributed by atoms with Crippen molar-refractivity contribution in [2.24, 2.45) is 0 Å². The van der Waals surface area contributed by atoms with Gasteiger partial charge in [-0.2, -0.15) is 0 Å². The molecule has 22 heavy (non-hydrogen) atoms. The second kappa shape index (κ2) is 6.73. The van der Waals surface area contributed by atoms with E-state index in [2.05, 4.69) is 26.8 Å². The van der Waals surface area contributed by atoms with Crippen LogP contribution in [0.4, 0.5) is 0 Å². The van der Waals surface area contributed by atoms with Crippen LogP contribution in [0.2, 0.25) is 0 Å². The van der Waals surface area contributed by atoms with Crippen LogP contribution in [0.15, 0.2) is 24.7 Å². The molecule has 0 radical (unpaired) electrons. The smallest absolute Gasteiger partial charge is 0.253 e. The zero-order chi connectivity index (χ0) is 15.4. The average molecular weight is 298 g/mol. The lowest BCUT2D eigenvalue weighted by Crippen LogP contribution is -2.25. The first-order valence-corrected chi connectivity index (χ1v) is 8.04. The number of nitrogens with zero attached hydrogens (tertiary/aromatic N) is 3. The molecule has 5 heteroatoms. The van der Waals surface area contributed by atoms with Crippen molar-refractivity contribution in [3.63, 3.8) is 0 Å². The lowest BCUT2D eigenvalue weighted by Gasteiger charge is -2.15. The highest BCUT2D eigenvalue weighted by molar-refractivity contribution is 5.94. The van der Waals surface area contributed by atoms with Crippen LogP contribution in [-0.2, 0) is 25.9 Å². The van der Waals surface area contributed by atoms with Gasteiger partial charge in [0.1, 0.15) is 5.82 Å². The minimum atomic E-state index is -0.0769. The van der Waals surface area contributed by atoms with Crippen LogP contribution in [0.5, 0.6) is 0 Å². The number of aromatic nitrogens is 3. The summed E-state index contributed by atoms with van der Waals surface area (Å²) in [5, 5.41) is 2.94. The highest BCUT2D eigenvalue weighted by Crippen LogP contribution is 2.20. The number of aryl methyl sites for hydroxylation is 3. The van der Waals surface area contributed by atoms with Gasteiger partial charge in [0.2, 0.25) is 0 Å². The van der Waals surface area contributed by atoms with Crippen LogP contribution in [0.3, 0.4) is 0 Å². The fraction of sp³-hybridized carbons (Fsp3) is 0.471. The van der Waals surface area contributed by atoms with Crippen molar-refractivity contribution in [1.29, 1.82) is 0 Å². The molecular weight excluding hydrogens is 276 g/mol. The van der Waals surface area contributed by atoms with E-state index in [-0.39, 0.29) is 5.91 Å². The van der Waals surface area contributed by atoms with E-state index in [0.29, 0.717) is 12.1 Å². The standard InChI is InChI=1S/C17H22N4O/c1-2-8-21-9-7-18-16(21)12-20-17(22)14-10-13-5-3-4-6-15(13)19-11-14/h7,9-11H,2-6,8,12H2,1H3,(H,20,22). The predicted octanol–water partition coefficient (Wildman–Crippen LogP) is 2.50. The second-order valence-electron chi connectivity index (χ2n) is 5.76. The van der Waals surface area contributed by atoms with Crippen molar-refractivity contribution in [1.82, 2.24) is 19.9 Å². The van der Waals surface area contributed by atoms with Crippen LogP contribution in [0.1, 0.15) is 53.6 Å². The topological polar surface area (TPSA) is 59.8 Å². The maximum absolute atomic E-state index is 12.3. The zero-order valence-electron chi connectivity index (χ0n) is 13.0. The molecule has 0 aromatic carbocycles. The molecule has 3 rings (SSSR count). The molecule has 1 amide bonds. The first kappa shape index (κ1) is 14.8. The first-order valence-electron chi connectivity index (χ1n) is 8.04. The number of rotatable bonds is 5. The maximum Gasteiger partial charge on any atom is 0.253 e. The summed E-state index contributed by atoms with van der Waals surface area (Å²) in [6, 6.07) is 2.00. The summed E-state index contributed by atoms with van der Waals surface area (Å²) in [6.45, 7) is 3.50. The molecule has 0 spiro atoms. The van der Waals surface area contributed by atoms with E-state index in [1.165, 1.54) is 18.4 Å². The quantitative estimate of drug-likeness (QED) is 0.922. The predicted molar refractivity (Wildman–Crippen MR) is 84.6 cm³/mol. The molecule has 0 bridgehead atoms. The first-order chi connectivity index (χ1) is 10.8. The number of carbonyl (C=O) groups is 1. The van der Waals surface area contributed by atoms with Crippen molar-refractivity contribution >= 4 is 5.91 Å². The van der Waals surface area contributed by atoms with E-state index in [1.54, 1.807) is 12.4 Å². The highest BCUT2D eigenvalue weighted by Gasteiger charge is 2.14. The minimum Gasteiger partial charge on any atom is -0.345 e. The molecule has 0 saturated heterocycles. The number of hydrogen-bond donors (Lipinski definition) is 1. The number of carbonyl (C=O) groups excluding carboxylic acids is 1. The molecule has 5 nitrogen and oxygen atoms in total. The molecular formula is C17H22N4O. The van der Waals surface area contributed by atoms with Crippen molar-refractivity contribution in [3.05, 3.63) is 47.3 Å². The average Bonchev–Trinajstić information content (AvgIpc) is 3.00. The lowest BCUT2D eigenvalue weighted by molar-refractivity contribution is 0.0949. The van der Waals surface area contributed by atoms with Gasteiger partial charge in [0.05, 0.1) is 12.1 Å². The summed E-state index contributed by atoms with van der Waals surface area (Å²) < 4.78 is 2.07. The van der Waals surface area contributed by atoms with Crippen molar-refractivity contribution in [2.75, 3.05) is 0 Å². The largest absolute Gasteiger partial charge is 0.345 e. The normalized spacial score (nSPS) is 13.7. The van der Waals surface area contributed by atoms with Crippen LogP contribution >= 0.6 is 0 Å². The van der Waals surface area contributed by atoms with Crippen molar-refractivity contribution in [2.45, 2.75) is 52.1 Å². The van der Waals surface area contributed by atoms with Crippen LogP contribution in [0.25, 0.3) is 0 Å². The summed E-state index contributed by atoms with van der Waals surface area (Å²) in [4.78, 5) is 21.1. The molecule has 2 heterocycles. The van der Waals surface area contributed by atoms with Crippen molar-refractivity contribution in [3.8, 4) is 0 Å². The van der Waals surface area contributed by atoms with E-state index in [1.807, 2.05) is 12.3 Å².